The molecule has 22 heavy (non-hydrogen) atoms. The molecule has 0 saturated carbocycles. The van der Waals surface area contributed by atoms with E-state index in [1.165, 1.54) is 6.20 Å². The topological polar surface area (TPSA) is 45.2 Å². The van der Waals surface area contributed by atoms with Crippen molar-refractivity contribution in [1.29, 1.82) is 0 Å². The maximum atomic E-state index is 12.8. The van der Waals surface area contributed by atoms with Crippen molar-refractivity contribution >= 4 is 29.1 Å². The van der Waals surface area contributed by atoms with Gasteiger partial charge in [-0.05, 0) is 23.8 Å². The highest BCUT2D eigenvalue weighted by molar-refractivity contribution is 6.33. The molecule has 0 radical (unpaired) electrons. The summed E-state index contributed by atoms with van der Waals surface area (Å²) in [6, 6.07) is 9.19. The highest BCUT2D eigenvalue weighted by Crippen LogP contribution is 2.27. The molecule has 1 atom stereocenters. The lowest BCUT2D eigenvalue weighted by Gasteiger charge is -2.36. The van der Waals surface area contributed by atoms with Gasteiger partial charge >= 0.3 is 0 Å². The Morgan fingerprint density at radius 2 is 2.18 bits per heavy atom. The second kappa shape index (κ2) is 6.65. The van der Waals surface area contributed by atoms with Gasteiger partial charge in [0, 0.05) is 37.1 Å². The summed E-state index contributed by atoms with van der Waals surface area (Å²) in [6.07, 6.45) is 3.07. The van der Waals surface area contributed by atoms with E-state index >= 15 is 0 Å². The number of hydrogen-bond acceptors (Lipinski definition) is 3. The molecule has 1 unspecified atom stereocenters. The number of rotatable bonds is 2. The second-order valence-electron chi connectivity index (χ2n) is 5.13. The minimum atomic E-state index is -0.0844. The average Bonchev–Trinajstić information content (AvgIpc) is 2.55. The minimum Gasteiger partial charge on any atom is -0.329 e. The number of carbonyl (C=O) groups is 1. The zero-order valence-electron chi connectivity index (χ0n) is 11.8. The lowest BCUT2D eigenvalue weighted by atomic mass is 10.0. The monoisotopic (exact) mass is 335 g/mol. The second-order valence-corrected chi connectivity index (χ2v) is 5.97. The molecule has 1 saturated heterocycles. The number of nitrogens with zero attached hydrogens (tertiary/aromatic N) is 2. The Hall–Kier alpha value is -1.62. The van der Waals surface area contributed by atoms with Gasteiger partial charge in [-0.2, -0.15) is 0 Å². The summed E-state index contributed by atoms with van der Waals surface area (Å²) < 4.78 is 0. The Morgan fingerprint density at radius 1 is 1.32 bits per heavy atom. The summed E-state index contributed by atoms with van der Waals surface area (Å²) >= 11 is 12.2. The summed E-state index contributed by atoms with van der Waals surface area (Å²) in [5.74, 6) is -0.0844. The molecular formula is C16H15Cl2N3O. The molecule has 1 amide bonds. The van der Waals surface area contributed by atoms with Gasteiger partial charge in [-0.15, -0.1) is 0 Å². The Kier molecular flexibility index (Phi) is 4.62. The van der Waals surface area contributed by atoms with Crippen molar-refractivity contribution in [3.05, 3.63) is 63.9 Å². The van der Waals surface area contributed by atoms with Gasteiger partial charge < -0.3 is 10.2 Å². The molecule has 0 spiro atoms. The van der Waals surface area contributed by atoms with Crippen molar-refractivity contribution in [2.24, 2.45) is 0 Å². The number of pyridine rings is 1. The molecule has 2 aromatic rings. The number of halogens is 2. The number of benzene rings is 1. The first-order valence-corrected chi connectivity index (χ1v) is 7.79. The molecule has 114 valence electrons. The fraction of sp³-hybridized carbons (Fsp3) is 0.250. The van der Waals surface area contributed by atoms with Gasteiger partial charge in [0.25, 0.3) is 5.91 Å². The Balaban J connectivity index is 1.93. The van der Waals surface area contributed by atoms with Crippen molar-refractivity contribution in [3.8, 4) is 0 Å². The number of hydrogen-bond donors (Lipinski definition) is 1. The van der Waals surface area contributed by atoms with E-state index < -0.39 is 0 Å². The van der Waals surface area contributed by atoms with E-state index in [1.54, 1.807) is 12.3 Å². The van der Waals surface area contributed by atoms with Gasteiger partial charge in [-0.25, -0.2) is 0 Å². The van der Waals surface area contributed by atoms with Crippen LogP contribution in [0.5, 0.6) is 0 Å². The molecule has 1 aromatic carbocycles. The third-order valence-electron chi connectivity index (χ3n) is 3.74. The van der Waals surface area contributed by atoms with Crippen molar-refractivity contribution < 1.29 is 4.79 Å². The van der Waals surface area contributed by atoms with Crippen LogP contribution >= 0.6 is 23.2 Å². The molecular weight excluding hydrogens is 321 g/mol. The standard InChI is InChI=1S/C16H15Cl2N3O/c17-12-3-1-2-11(8-12)15-10-20-6-7-21(15)16(22)13-4-5-19-9-14(13)18/h1-5,8-9,15,20H,6-7,10H2. The number of nitrogens with one attached hydrogen (secondary N) is 1. The van der Waals surface area contributed by atoms with E-state index in [2.05, 4.69) is 10.3 Å². The van der Waals surface area contributed by atoms with Crippen LogP contribution in [0, 0.1) is 0 Å². The van der Waals surface area contributed by atoms with Crippen LogP contribution in [0.15, 0.2) is 42.7 Å². The summed E-state index contributed by atoms with van der Waals surface area (Å²) in [4.78, 5) is 18.6. The third-order valence-corrected chi connectivity index (χ3v) is 4.28. The first-order chi connectivity index (χ1) is 10.7. The van der Waals surface area contributed by atoms with Gasteiger partial charge in [0.1, 0.15) is 0 Å². The Morgan fingerprint density at radius 3 is 2.95 bits per heavy atom. The van der Waals surface area contributed by atoms with Crippen LogP contribution in [0.3, 0.4) is 0 Å². The molecule has 4 nitrogen and oxygen atoms in total. The van der Waals surface area contributed by atoms with Gasteiger partial charge in [-0.3, -0.25) is 9.78 Å². The van der Waals surface area contributed by atoms with Crippen LogP contribution in [0.25, 0.3) is 0 Å². The summed E-state index contributed by atoms with van der Waals surface area (Å²) in [5, 5.41) is 4.36. The van der Waals surface area contributed by atoms with Crippen molar-refractivity contribution in [3.63, 3.8) is 0 Å². The molecule has 1 aromatic heterocycles. The SMILES string of the molecule is O=C(c1ccncc1Cl)N1CCNCC1c1cccc(Cl)c1. The van der Waals surface area contributed by atoms with E-state index in [-0.39, 0.29) is 11.9 Å². The predicted octanol–water partition coefficient (Wildman–Crippen LogP) is 3.18. The first kappa shape index (κ1) is 15.3. The number of aromatic nitrogens is 1. The van der Waals surface area contributed by atoms with E-state index in [4.69, 9.17) is 23.2 Å². The maximum absolute atomic E-state index is 12.8. The van der Waals surface area contributed by atoms with Crippen molar-refractivity contribution in [2.75, 3.05) is 19.6 Å². The van der Waals surface area contributed by atoms with Gasteiger partial charge in [0.05, 0.1) is 16.6 Å². The zero-order chi connectivity index (χ0) is 15.5. The molecule has 0 bridgehead atoms. The summed E-state index contributed by atoms with van der Waals surface area (Å²) in [7, 11) is 0. The molecule has 3 rings (SSSR count). The third kappa shape index (κ3) is 3.09. The quantitative estimate of drug-likeness (QED) is 0.916. The first-order valence-electron chi connectivity index (χ1n) is 7.03. The maximum Gasteiger partial charge on any atom is 0.256 e. The minimum absolute atomic E-state index is 0.0656. The van der Waals surface area contributed by atoms with Crippen LogP contribution in [-0.4, -0.2) is 35.4 Å². The smallest absolute Gasteiger partial charge is 0.256 e. The molecule has 1 aliphatic heterocycles. The van der Waals surface area contributed by atoms with E-state index in [0.717, 1.165) is 12.1 Å². The van der Waals surface area contributed by atoms with Crippen LogP contribution in [0.4, 0.5) is 0 Å². The molecule has 1 fully saturated rings. The fourth-order valence-corrected chi connectivity index (χ4v) is 3.06. The van der Waals surface area contributed by atoms with Gasteiger partial charge in [-0.1, -0.05) is 35.3 Å². The summed E-state index contributed by atoms with van der Waals surface area (Å²) in [6.45, 7) is 2.06. The number of carbonyl (C=O) groups excluding carboxylic acids is 1. The zero-order valence-corrected chi connectivity index (χ0v) is 13.3. The van der Waals surface area contributed by atoms with E-state index in [1.807, 2.05) is 29.2 Å². The van der Waals surface area contributed by atoms with Crippen molar-refractivity contribution in [1.82, 2.24) is 15.2 Å². The molecule has 6 heteroatoms. The fourth-order valence-electron chi connectivity index (χ4n) is 2.66. The van der Waals surface area contributed by atoms with Gasteiger partial charge in [0.15, 0.2) is 0 Å². The molecule has 1 N–H and O–H groups in total. The largest absolute Gasteiger partial charge is 0.329 e. The molecule has 1 aliphatic rings. The predicted molar refractivity (Wildman–Crippen MR) is 87.3 cm³/mol. The normalized spacial score (nSPS) is 18.3. The highest BCUT2D eigenvalue weighted by Gasteiger charge is 2.29. The highest BCUT2D eigenvalue weighted by atomic mass is 35.5. The Bertz CT molecular complexity index is 693. The number of amides is 1. The lowest BCUT2D eigenvalue weighted by molar-refractivity contribution is 0.0634. The molecule has 0 aliphatic carbocycles. The van der Waals surface area contributed by atoms with Crippen LogP contribution in [0.2, 0.25) is 10.0 Å². The number of piperazine rings is 1. The van der Waals surface area contributed by atoms with Crippen molar-refractivity contribution in [2.45, 2.75) is 6.04 Å². The summed E-state index contributed by atoms with van der Waals surface area (Å²) in [5.41, 5.74) is 1.49. The van der Waals surface area contributed by atoms with E-state index in [9.17, 15) is 4.79 Å². The lowest BCUT2D eigenvalue weighted by Crippen LogP contribution is -2.48. The van der Waals surface area contributed by atoms with Crippen LogP contribution in [0.1, 0.15) is 22.0 Å². The average molecular weight is 336 g/mol. The van der Waals surface area contributed by atoms with Gasteiger partial charge in [0.2, 0.25) is 0 Å². The van der Waals surface area contributed by atoms with E-state index in [0.29, 0.717) is 28.7 Å². The molecule has 2 heterocycles. The Labute approximate surface area is 139 Å². The van der Waals surface area contributed by atoms with Crippen LogP contribution in [-0.2, 0) is 0 Å². The van der Waals surface area contributed by atoms with Crippen LogP contribution < -0.4 is 5.32 Å².